The highest BCUT2D eigenvalue weighted by Crippen LogP contribution is 2.30. The summed E-state index contributed by atoms with van der Waals surface area (Å²) in [6.07, 6.45) is 0.968. The Morgan fingerprint density at radius 3 is 2.73 bits per heavy atom. The van der Waals surface area contributed by atoms with E-state index in [0.717, 1.165) is 46.7 Å². The van der Waals surface area contributed by atoms with E-state index in [4.69, 9.17) is 21.6 Å². The molecule has 2 heterocycles. The number of hydrogen-bond acceptors (Lipinski definition) is 5. The molecule has 5 rings (SSSR count). The van der Waals surface area contributed by atoms with Crippen LogP contribution in [0.3, 0.4) is 0 Å². The number of rotatable bonds is 5. The number of thioether (sulfide) groups is 1. The Balaban J connectivity index is 1.37. The minimum absolute atomic E-state index is 0.0958. The Kier molecular flexibility index (Phi) is 6.20. The maximum Gasteiger partial charge on any atom is 0.234 e. The third-order valence-corrected chi connectivity index (χ3v) is 7.01. The maximum atomic E-state index is 12.7. The second-order valence-corrected chi connectivity index (χ2v) is 9.48. The summed E-state index contributed by atoms with van der Waals surface area (Å²) in [5.41, 5.74) is 5.28. The van der Waals surface area contributed by atoms with Gasteiger partial charge in [-0.15, -0.1) is 0 Å². The Hall–Kier alpha value is -3.09. The zero-order valence-corrected chi connectivity index (χ0v) is 19.8. The Labute approximate surface area is 202 Å². The van der Waals surface area contributed by atoms with Crippen molar-refractivity contribution in [3.63, 3.8) is 0 Å². The molecule has 1 amide bonds. The number of nitrogens with zero attached hydrogens (tertiary/aromatic N) is 3. The highest BCUT2D eigenvalue weighted by atomic mass is 35.5. The largest absolute Gasteiger partial charge is 0.336 e. The molecule has 0 bridgehead atoms. The van der Waals surface area contributed by atoms with E-state index in [9.17, 15) is 4.79 Å². The molecule has 1 aliphatic heterocycles. The summed E-state index contributed by atoms with van der Waals surface area (Å²) >= 11 is 7.51. The molecular formula is C26H23ClN4OS. The van der Waals surface area contributed by atoms with Gasteiger partial charge in [0.2, 0.25) is 11.9 Å². The first-order chi connectivity index (χ1) is 16.1. The van der Waals surface area contributed by atoms with Crippen LogP contribution in [0.5, 0.6) is 0 Å². The van der Waals surface area contributed by atoms with Gasteiger partial charge in [-0.3, -0.25) is 4.79 Å². The van der Waals surface area contributed by atoms with Crippen molar-refractivity contribution >= 4 is 51.8 Å². The molecule has 1 N–H and O–H groups in total. The molecule has 1 aliphatic rings. The highest BCUT2D eigenvalue weighted by molar-refractivity contribution is 8.00. The van der Waals surface area contributed by atoms with Crippen molar-refractivity contribution in [2.24, 2.45) is 0 Å². The first-order valence-electron chi connectivity index (χ1n) is 10.8. The van der Waals surface area contributed by atoms with Crippen LogP contribution in [0, 0.1) is 6.92 Å². The molecule has 0 spiro atoms. The topological polar surface area (TPSA) is 58.1 Å². The third-order valence-electron chi connectivity index (χ3n) is 5.78. The van der Waals surface area contributed by atoms with Gasteiger partial charge in [-0.05, 0) is 48.2 Å². The molecule has 0 radical (unpaired) electrons. The lowest BCUT2D eigenvalue weighted by Gasteiger charge is -2.29. The summed E-state index contributed by atoms with van der Waals surface area (Å²) in [5.74, 6) is 0.855. The summed E-state index contributed by atoms with van der Waals surface area (Å²) in [5, 5.41) is 5.32. The van der Waals surface area contributed by atoms with Gasteiger partial charge in [0.15, 0.2) is 0 Å². The average Bonchev–Trinajstić information content (AvgIpc) is 2.84. The summed E-state index contributed by atoms with van der Waals surface area (Å²) < 4.78 is 0. The van der Waals surface area contributed by atoms with Crippen LogP contribution in [0.25, 0.3) is 10.9 Å². The molecule has 1 aromatic heterocycles. The van der Waals surface area contributed by atoms with Crippen molar-refractivity contribution < 1.29 is 4.79 Å². The maximum absolute atomic E-state index is 12.7. The van der Waals surface area contributed by atoms with Crippen molar-refractivity contribution in [1.82, 2.24) is 9.97 Å². The first kappa shape index (κ1) is 21.7. The molecule has 166 valence electrons. The molecule has 0 saturated heterocycles. The monoisotopic (exact) mass is 474 g/mol. The van der Waals surface area contributed by atoms with Gasteiger partial charge in [-0.25, -0.2) is 9.97 Å². The van der Waals surface area contributed by atoms with E-state index in [-0.39, 0.29) is 11.7 Å². The molecule has 0 fully saturated rings. The summed E-state index contributed by atoms with van der Waals surface area (Å²) in [4.78, 5) is 24.6. The summed E-state index contributed by atoms with van der Waals surface area (Å²) in [6.45, 7) is 3.60. The van der Waals surface area contributed by atoms with Crippen LogP contribution in [0.15, 0.2) is 71.8 Å². The highest BCUT2D eigenvalue weighted by Gasteiger charge is 2.20. The number of benzene rings is 3. The first-order valence-corrected chi connectivity index (χ1v) is 12.2. The molecule has 33 heavy (non-hydrogen) atoms. The van der Waals surface area contributed by atoms with E-state index in [2.05, 4.69) is 34.5 Å². The number of aromatic nitrogens is 2. The lowest BCUT2D eigenvalue weighted by atomic mass is 10.0. The van der Waals surface area contributed by atoms with Crippen LogP contribution in [-0.4, -0.2) is 28.2 Å². The second kappa shape index (κ2) is 9.41. The quantitative estimate of drug-likeness (QED) is 0.289. The fourth-order valence-corrected chi connectivity index (χ4v) is 4.99. The number of carbonyl (C=O) groups is 1. The van der Waals surface area contributed by atoms with E-state index >= 15 is 0 Å². The number of hydrogen-bond donors (Lipinski definition) is 1. The zero-order valence-electron chi connectivity index (χ0n) is 18.2. The molecule has 0 unspecified atom stereocenters. The van der Waals surface area contributed by atoms with Gasteiger partial charge in [0, 0.05) is 29.2 Å². The molecule has 5 nitrogen and oxygen atoms in total. The second-order valence-electron chi connectivity index (χ2n) is 8.08. The predicted octanol–water partition coefficient (Wildman–Crippen LogP) is 5.89. The van der Waals surface area contributed by atoms with Crippen molar-refractivity contribution in [3.05, 3.63) is 88.4 Å². The zero-order chi connectivity index (χ0) is 22.8. The van der Waals surface area contributed by atoms with Gasteiger partial charge >= 0.3 is 0 Å². The summed E-state index contributed by atoms with van der Waals surface area (Å²) in [6, 6.07) is 22.0. The molecule has 3 aromatic carbocycles. The van der Waals surface area contributed by atoms with Crippen molar-refractivity contribution in [3.8, 4) is 0 Å². The van der Waals surface area contributed by atoms with Crippen LogP contribution in [-0.2, 0) is 17.8 Å². The molecule has 0 atom stereocenters. The lowest BCUT2D eigenvalue weighted by Crippen LogP contribution is -2.31. The number of carbonyl (C=O) groups excluding carboxylic acids is 1. The fourth-order valence-electron chi connectivity index (χ4n) is 4.00. The van der Waals surface area contributed by atoms with Crippen molar-refractivity contribution in [2.75, 3.05) is 22.5 Å². The number of halogens is 1. The van der Waals surface area contributed by atoms with Gasteiger partial charge in [0.25, 0.3) is 0 Å². The minimum atomic E-state index is -0.0958. The minimum Gasteiger partial charge on any atom is -0.336 e. The number of anilines is 2. The van der Waals surface area contributed by atoms with Crippen LogP contribution in [0.1, 0.15) is 16.7 Å². The van der Waals surface area contributed by atoms with E-state index in [1.807, 2.05) is 43.3 Å². The number of amides is 1. The van der Waals surface area contributed by atoms with E-state index < -0.39 is 0 Å². The smallest absolute Gasteiger partial charge is 0.234 e. The van der Waals surface area contributed by atoms with Gasteiger partial charge in [0.1, 0.15) is 5.03 Å². The SMILES string of the molecule is Cc1ccc(Cl)cc1NC(=O)CSc1nc(N2CCc3ccccc3C2)nc2ccccc12. The summed E-state index contributed by atoms with van der Waals surface area (Å²) in [7, 11) is 0. The van der Waals surface area contributed by atoms with Crippen LogP contribution in [0.4, 0.5) is 11.6 Å². The molecule has 0 aliphatic carbocycles. The standard InChI is InChI=1S/C26H23ClN4OS/c1-17-10-11-20(27)14-23(17)28-24(32)16-33-25-21-8-4-5-9-22(21)29-26(30-25)31-13-12-18-6-2-3-7-19(18)15-31/h2-11,14H,12-13,15-16H2,1H3,(H,28,32). The van der Waals surface area contributed by atoms with Gasteiger partial charge in [0.05, 0.1) is 11.3 Å². The number of nitrogens with one attached hydrogen (secondary N) is 1. The van der Waals surface area contributed by atoms with Crippen LogP contribution >= 0.6 is 23.4 Å². The van der Waals surface area contributed by atoms with Crippen LogP contribution < -0.4 is 10.2 Å². The Morgan fingerprint density at radius 1 is 1.06 bits per heavy atom. The fraction of sp³-hybridized carbons (Fsp3) is 0.192. The van der Waals surface area contributed by atoms with Gasteiger partial charge < -0.3 is 10.2 Å². The molecule has 7 heteroatoms. The Bertz CT molecular complexity index is 1340. The van der Waals surface area contributed by atoms with E-state index in [1.54, 1.807) is 6.07 Å². The third kappa shape index (κ3) is 4.82. The van der Waals surface area contributed by atoms with E-state index in [0.29, 0.717) is 11.0 Å². The normalized spacial score (nSPS) is 13.1. The number of fused-ring (bicyclic) bond motifs is 2. The number of para-hydroxylation sites is 1. The Morgan fingerprint density at radius 2 is 1.85 bits per heavy atom. The number of aryl methyl sites for hydroxylation is 1. The predicted molar refractivity (Wildman–Crippen MR) is 136 cm³/mol. The molecular weight excluding hydrogens is 452 g/mol. The van der Waals surface area contributed by atoms with Crippen molar-refractivity contribution in [1.29, 1.82) is 0 Å². The van der Waals surface area contributed by atoms with Crippen molar-refractivity contribution in [2.45, 2.75) is 24.9 Å². The molecule has 0 saturated carbocycles. The van der Waals surface area contributed by atoms with E-state index in [1.165, 1.54) is 22.9 Å². The van der Waals surface area contributed by atoms with Crippen LogP contribution in [0.2, 0.25) is 5.02 Å². The van der Waals surface area contributed by atoms with Gasteiger partial charge in [-0.2, -0.15) is 0 Å². The van der Waals surface area contributed by atoms with Gasteiger partial charge in [-0.1, -0.05) is 71.9 Å². The lowest BCUT2D eigenvalue weighted by molar-refractivity contribution is -0.113. The average molecular weight is 475 g/mol. The molecule has 4 aromatic rings.